The molecule has 0 heterocycles. The highest BCUT2D eigenvalue weighted by Crippen LogP contribution is 2.12. The van der Waals surface area contributed by atoms with E-state index in [-0.39, 0.29) is 12.4 Å². The molecular formula is C17H36ClNO2. The Kier molecular flexibility index (Phi) is 21.3. The molecule has 0 aliphatic carbocycles. The highest BCUT2D eigenvalue weighted by atomic mass is 35.5. The Morgan fingerprint density at radius 2 is 1.05 bits per heavy atom. The number of primary amides is 1. The third-order valence-electron chi connectivity index (χ3n) is 3.74. The lowest BCUT2D eigenvalue weighted by Gasteiger charge is -2.03. The standard InChI is InChI=1S/C17H35NO2.ClH/c1-2-3-4-5-6-7-8-9-10-11-12-13-14-15-16-20-17(18)19;/h2-16H2,1H3,(H2,18,19);1H. The normalized spacial score (nSPS) is 10.1. The van der Waals surface area contributed by atoms with Crippen LogP contribution in [-0.4, -0.2) is 12.7 Å². The van der Waals surface area contributed by atoms with Gasteiger partial charge in [0, 0.05) is 0 Å². The van der Waals surface area contributed by atoms with Gasteiger partial charge in [0.05, 0.1) is 6.61 Å². The highest BCUT2D eigenvalue weighted by molar-refractivity contribution is 5.85. The topological polar surface area (TPSA) is 52.3 Å². The lowest BCUT2D eigenvalue weighted by Crippen LogP contribution is -2.13. The lowest BCUT2D eigenvalue weighted by atomic mass is 10.0. The molecule has 21 heavy (non-hydrogen) atoms. The number of halogens is 1. The first kappa shape index (κ1) is 22.8. The molecule has 0 saturated carbocycles. The molecule has 0 saturated heterocycles. The Morgan fingerprint density at radius 1 is 0.714 bits per heavy atom. The summed E-state index contributed by atoms with van der Waals surface area (Å²) in [5.41, 5.74) is 4.89. The van der Waals surface area contributed by atoms with E-state index < -0.39 is 6.09 Å². The van der Waals surface area contributed by atoms with E-state index >= 15 is 0 Å². The minimum absolute atomic E-state index is 0. The first-order valence-corrected chi connectivity index (χ1v) is 8.69. The number of carbonyl (C=O) groups is 1. The van der Waals surface area contributed by atoms with Gasteiger partial charge in [-0.05, 0) is 6.42 Å². The molecule has 0 aromatic carbocycles. The van der Waals surface area contributed by atoms with Gasteiger partial charge in [0.1, 0.15) is 0 Å². The Labute approximate surface area is 137 Å². The van der Waals surface area contributed by atoms with Crippen LogP contribution in [0.3, 0.4) is 0 Å². The van der Waals surface area contributed by atoms with Gasteiger partial charge in [0.25, 0.3) is 0 Å². The van der Waals surface area contributed by atoms with Crippen LogP contribution in [-0.2, 0) is 4.74 Å². The molecule has 4 heteroatoms. The van der Waals surface area contributed by atoms with Gasteiger partial charge in [-0.3, -0.25) is 0 Å². The second-order valence-corrected chi connectivity index (χ2v) is 5.76. The summed E-state index contributed by atoms with van der Waals surface area (Å²) in [5, 5.41) is 0. The van der Waals surface area contributed by atoms with E-state index in [0.717, 1.165) is 12.8 Å². The monoisotopic (exact) mass is 321 g/mol. The predicted octanol–water partition coefficient (Wildman–Crippen LogP) is 5.98. The molecule has 0 aliphatic rings. The maximum atomic E-state index is 10.3. The van der Waals surface area contributed by atoms with E-state index in [1.807, 2.05) is 0 Å². The SMILES string of the molecule is CCCCCCCCCCCCCCCCOC(N)=O.Cl. The second kappa shape index (κ2) is 19.6. The molecule has 0 aliphatic heterocycles. The van der Waals surface area contributed by atoms with Gasteiger partial charge >= 0.3 is 6.09 Å². The molecule has 3 nitrogen and oxygen atoms in total. The van der Waals surface area contributed by atoms with Gasteiger partial charge < -0.3 is 10.5 Å². The van der Waals surface area contributed by atoms with Crippen molar-refractivity contribution in [2.24, 2.45) is 5.73 Å². The summed E-state index contributed by atoms with van der Waals surface area (Å²) in [6.45, 7) is 2.75. The fraction of sp³-hybridized carbons (Fsp3) is 0.941. The van der Waals surface area contributed by atoms with Crippen LogP contribution in [0.4, 0.5) is 4.79 Å². The zero-order valence-corrected chi connectivity index (χ0v) is 14.7. The van der Waals surface area contributed by atoms with E-state index in [9.17, 15) is 4.79 Å². The molecule has 0 atom stereocenters. The van der Waals surface area contributed by atoms with Gasteiger partial charge in [-0.25, -0.2) is 4.79 Å². The maximum Gasteiger partial charge on any atom is 0.404 e. The van der Waals surface area contributed by atoms with Crippen molar-refractivity contribution in [2.75, 3.05) is 6.61 Å². The van der Waals surface area contributed by atoms with Gasteiger partial charge in [0.2, 0.25) is 0 Å². The smallest absolute Gasteiger partial charge is 0.404 e. The molecule has 0 unspecified atom stereocenters. The molecular weight excluding hydrogens is 286 g/mol. The summed E-state index contributed by atoms with van der Waals surface area (Å²) in [7, 11) is 0. The summed E-state index contributed by atoms with van der Waals surface area (Å²) in [4.78, 5) is 10.3. The number of hydrogen-bond acceptors (Lipinski definition) is 2. The predicted molar refractivity (Wildman–Crippen MR) is 93.1 cm³/mol. The molecule has 0 bridgehead atoms. The summed E-state index contributed by atoms with van der Waals surface area (Å²) in [6.07, 6.45) is 18.0. The third-order valence-corrected chi connectivity index (χ3v) is 3.74. The van der Waals surface area contributed by atoms with Crippen LogP contribution in [0.2, 0.25) is 0 Å². The Hall–Kier alpha value is -0.440. The maximum absolute atomic E-state index is 10.3. The molecule has 0 rings (SSSR count). The number of ether oxygens (including phenoxy) is 1. The molecule has 128 valence electrons. The van der Waals surface area contributed by atoms with E-state index in [1.165, 1.54) is 77.0 Å². The minimum Gasteiger partial charge on any atom is -0.450 e. The van der Waals surface area contributed by atoms with Gasteiger partial charge in [0.15, 0.2) is 0 Å². The van der Waals surface area contributed by atoms with E-state index in [1.54, 1.807) is 0 Å². The first-order valence-electron chi connectivity index (χ1n) is 8.69. The van der Waals surface area contributed by atoms with Gasteiger partial charge in [-0.2, -0.15) is 0 Å². The van der Waals surface area contributed by atoms with Crippen molar-refractivity contribution in [1.82, 2.24) is 0 Å². The van der Waals surface area contributed by atoms with E-state index in [2.05, 4.69) is 11.7 Å². The Bertz CT molecular complexity index is 213. The van der Waals surface area contributed by atoms with Crippen molar-refractivity contribution in [1.29, 1.82) is 0 Å². The van der Waals surface area contributed by atoms with Gasteiger partial charge in [-0.1, -0.05) is 90.4 Å². The van der Waals surface area contributed by atoms with Crippen LogP contribution < -0.4 is 5.73 Å². The van der Waals surface area contributed by atoms with Crippen molar-refractivity contribution < 1.29 is 9.53 Å². The number of unbranched alkanes of at least 4 members (excludes halogenated alkanes) is 13. The van der Waals surface area contributed by atoms with E-state index in [0.29, 0.717) is 6.61 Å². The van der Waals surface area contributed by atoms with Crippen LogP contribution in [0.5, 0.6) is 0 Å². The van der Waals surface area contributed by atoms with Crippen LogP contribution in [0, 0.1) is 0 Å². The molecule has 1 amide bonds. The number of carbonyl (C=O) groups excluding carboxylic acids is 1. The first-order chi connectivity index (χ1) is 9.77. The van der Waals surface area contributed by atoms with Crippen molar-refractivity contribution >= 4 is 18.5 Å². The third kappa shape index (κ3) is 22.0. The Balaban J connectivity index is 0. The van der Waals surface area contributed by atoms with Crippen molar-refractivity contribution in [3.05, 3.63) is 0 Å². The fourth-order valence-electron chi connectivity index (χ4n) is 2.47. The average molecular weight is 322 g/mol. The largest absolute Gasteiger partial charge is 0.450 e. The summed E-state index contributed by atoms with van der Waals surface area (Å²) < 4.78 is 4.69. The van der Waals surface area contributed by atoms with Gasteiger partial charge in [-0.15, -0.1) is 12.4 Å². The molecule has 0 spiro atoms. The summed E-state index contributed by atoms with van der Waals surface area (Å²) in [6, 6.07) is 0. The zero-order valence-electron chi connectivity index (χ0n) is 13.9. The number of rotatable bonds is 15. The van der Waals surface area contributed by atoms with Crippen molar-refractivity contribution in [3.8, 4) is 0 Å². The van der Waals surface area contributed by atoms with Crippen LogP contribution >= 0.6 is 12.4 Å². The Morgan fingerprint density at radius 3 is 1.38 bits per heavy atom. The number of amides is 1. The highest BCUT2D eigenvalue weighted by Gasteiger charge is 1.95. The second-order valence-electron chi connectivity index (χ2n) is 5.76. The molecule has 0 aromatic heterocycles. The quantitative estimate of drug-likeness (QED) is 0.377. The lowest BCUT2D eigenvalue weighted by molar-refractivity contribution is 0.154. The average Bonchev–Trinajstić information content (AvgIpc) is 2.43. The number of nitrogens with two attached hydrogens (primary N) is 1. The van der Waals surface area contributed by atoms with Crippen molar-refractivity contribution in [3.63, 3.8) is 0 Å². The minimum atomic E-state index is -0.653. The summed E-state index contributed by atoms with van der Waals surface area (Å²) in [5.74, 6) is 0. The zero-order chi connectivity index (χ0) is 14.9. The van der Waals surface area contributed by atoms with E-state index in [4.69, 9.17) is 5.73 Å². The van der Waals surface area contributed by atoms with Crippen LogP contribution in [0.1, 0.15) is 96.8 Å². The molecule has 2 N–H and O–H groups in total. The summed E-state index contributed by atoms with van der Waals surface area (Å²) >= 11 is 0. The number of hydrogen-bond donors (Lipinski definition) is 1. The van der Waals surface area contributed by atoms with Crippen molar-refractivity contribution in [2.45, 2.75) is 96.8 Å². The fourth-order valence-corrected chi connectivity index (χ4v) is 2.47. The van der Waals surface area contributed by atoms with Crippen LogP contribution in [0.25, 0.3) is 0 Å². The molecule has 0 radical (unpaired) electrons. The molecule has 0 fully saturated rings. The van der Waals surface area contributed by atoms with Crippen LogP contribution in [0.15, 0.2) is 0 Å². The molecule has 0 aromatic rings.